The van der Waals surface area contributed by atoms with E-state index in [2.05, 4.69) is 19.2 Å². The Balaban J connectivity index is 1.74. The fourth-order valence-corrected chi connectivity index (χ4v) is 3.20. The quantitative estimate of drug-likeness (QED) is 0.727. The summed E-state index contributed by atoms with van der Waals surface area (Å²) in [5.74, 6) is 2.02. The molecule has 0 aromatic heterocycles. The molecule has 0 radical (unpaired) electrons. The van der Waals surface area contributed by atoms with Crippen LogP contribution in [0.5, 0.6) is 0 Å². The van der Waals surface area contributed by atoms with Crippen LogP contribution in [0.2, 0.25) is 0 Å². The zero-order valence-corrected chi connectivity index (χ0v) is 10.5. The van der Waals surface area contributed by atoms with Crippen molar-refractivity contribution in [2.45, 2.75) is 77.3 Å². The zero-order valence-electron chi connectivity index (χ0n) is 10.5. The van der Waals surface area contributed by atoms with Crippen molar-refractivity contribution in [1.82, 2.24) is 5.32 Å². The van der Waals surface area contributed by atoms with Gasteiger partial charge in [-0.25, -0.2) is 0 Å². The zero-order chi connectivity index (χ0) is 10.7. The number of rotatable bonds is 5. The van der Waals surface area contributed by atoms with E-state index in [0.29, 0.717) is 0 Å². The first-order chi connectivity index (χ1) is 7.29. The van der Waals surface area contributed by atoms with Crippen LogP contribution in [0.3, 0.4) is 0 Å². The van der Waals surface area contributed by atoms with Crippen LogP contribution in [-0.4, -0.2) is 12.1 Å². The van der Waals surface area contributed by atoms with Gasteiger partial charge in [0.15, 0.2) is 0 Å². The summed E-state index contributed by atoms with van der Waals surface area (Å²) in [7, 11) is 0. The number of hydrogen-bond donors (Lipinski definition) is 1. The fraction of sp³-hybridized carbons (Fsp3) is 1.00. The van der Waals surface area contributed by atoms with Gasteiger partial charge in [-0.3, -0.25) is 0 Å². The van der Waals surface area contributed by atoms with Crippen molar-refractivity contribution in [3.05, 3.63) is 0 Å². The largest absolute Gasteiger partial charge is 0.311 e. The smallest absolute Gasteiger partial charge is 0.00977 e. The molecule has 2 aliphatic rings. The molecule has 0 heterocycles. The second kappa shape index (κ2) is 5.34. The normalized spacial score (nSPS) is 34.0. The summed E-state index contributed by atoms with van der Waals surface area (Å²) in [5.41, 5.74) is 0. The van der Waals surface area contributed by atoms with E-state index in [-0.39, 0.29) is 0 Å². The maximum Gasteiger partial charge on any atom is 0.00977 e. The van der Waals surface area contributed by atoms with Gasteiger partial charge >= 0.3 is 0 Å². The van der Waals surface area contributed by atoms with Crippen molar-refractivity contribution in [3.63, 3.8) is 0 Å². The van der Waals surface area contributed by atoms with Crippen molar-refractivity contribution in [3.8, 4) is 0 Å². The second-order valence-electron chi connectivity index (χ2n) is 5.81. The van der Waals surface area contributed by atoms with Crippen molar-refractivity contribution in [2.75, 3.05) is 0 Å². The molecule has 1 nitrogen and oxygen atoms in total. The van der Waals surface area contributed by atoms with Crippen LogP contribution in [-0.2, 0) is 0 Å². The third-order valence-electron chi connectivity index (χ3n) is 4.32. The summed E-state index contributed by atoms with van der Waals surface area (Å²) in [6.45, 7) is 4.75. The lowest BCUT2D eigenvalue weighted by Gasteiger charge is -2.34. The Kier molecular flexibility index (Phi) is 4.07. The van der Waals surface area contributed by atoms with Crippen LogP contribution >= 0.6 is 0 Å². The SMILES string of the molecule is CCC1CCCCC1NC(C)CC1CC1. The van der Waals surface area contributed by atoms with Gasteiger partial charge in [0.1, 0.15) is 0 Å². The highest BCUT2D eigenvalue weighted by molar-refractivity contribution is 4.84. The third kappa shape index (κ3) is 3.48. The van der Waals surface area contributed by atoms with E-state index in [1.54, 1.807) is 0 Å². The van der Waals surface area contributed by atoms with Crippen molar-refractivity contribution < 1.29 is 0 Å². The molecule has 3 unspecified atom stereocenters. The maximum atomic E-state index is 3.89. The van der Waals surface area contributed by atoms with E-state index in [4.69, 9.17) is 0 Å². The molecule has 15 heavy (non-hydrogen) atoms. The third-order valence-corrected chi connectivity index (χ3v) is 4.32. The Bertz CT molecular complexity index is 186. The van der Waals surface area contributed by atoms with Crippen LogP contribution in [0.1, 0.15) is 65.2 Å². The van der Waals surface area contributed by atoms with Gasteiger partial charge in [-0.1, -0.05) is 39.0 Å². The molecule has 0 bridgehead atoms. The van der Waals surface area contributed by atoms with Crippen LogP contribution in [0.4, 0.5) is 0 Å². The van der Waals surface area contributed by atoms with Crippen LogP contribution in [0.15, 0.2) is 0 Å². The van der Waals surface area contributed by atoms with Gasteiger partial charge in [-0.05, 0) is 38.0 Å². The molecule has 0 saturated heterocycles. The standard InChI is InChI=1S/C14H27N/c1-3-13-6-4-5-7-14(13)15-11(2)10-12-8-9-12/h11-15H,3-10H2,1-2H3. The van der Waals surface area contributed by atoms with E-state index in [1.165, 1.54) is 51.4 Å². The first-order valence-corrected chi connectivity index (χ1v) is 7.05. The van der Waals surface area contributed by atoms with E-state index in [1.807, 2.05) is 0 Å². The summed E-state index contributed by atoms with van der Waals surface area (Å²) in [6, 6.07) is 1.59. The lowest BCUT2D eigenvalue weighted by Crippen LogP contribution is -2.43. The maximum absolute atomic E-state index is 3.89. The molecule has 1 heteroatoms. The van der Waals surface area contributed by atoms with E-state index < -0.39 is 0 Å². The summed E-state index contributed by atoms with van der Waals surface area (Å²) in [5, 5.41) is 3.89. The van der Waals surface area contributed by atoms with Gasteiger partial charge in [0.2, 0.25) is 0 Å². The molecule has 1 N–H and O–H groups in total. The van der Waals surface area contributed by atoms with Crippen molar-refractivity contribution in [2.24, 2.45) is 11.8 Å². The lowest BCUT2D eigenvalue weighted by atomic mass is 9.82. The molecular weight excluding hydrogens is 182 g/mol. The molecule has 3 atom stereocenters. The van der Waals surface area contributed by atoms with Gasteiger partial charge < -0.3 is 5.32 Å². The van der Waals surface area contributed by atoms with Crippen LogP contribution in [0.25, 0.3) is 0 Å². The van der Waals surface area contributed by atoms with Gasteiger partial charge in [0, 0.05) is 12.1 Å². The van der Waals surface area contributed by atoms with Gasteiger partial charge in [-0.2, -0.15) is 0 Å². The van der Waals surface area contributed by atoms with E-state index in [0.717, 1.165) is 23.9 Å². The molecule has 0 amide bonds. The molecule has 0 aliphatic heterocycles. The van der Waals surface area contributed by atoms with Gasteiger partial charge in [0.05, 0.1) is 0 Å². The van der Waals surface area contributed by atoms with Crippen LogP contribution in [0, 0.1) is 11.8 Å². The number of nitrogens with one attached hydrogen (secondary N) is 1. The highest BCUT2D eigenvalue weighted by Crippen LogP contribution is 2.34. The molecule has 88 valence electrons. The summed E-state index contributed by atoms with van der Waals surface area (Å²) >= 11 is 0. The molecule has 0 spiro atoms. The van der Waals surface area contributed by atoms with Crippen LogP contribution < -0.4 is 5.32 Å². The number of hydrogen-bond acceptors (Lipinski definition) is 1. The highest BCUT2D eigenvalue weighted by atomic mass is 15.0. The molecule has 0 aromatic carbocycles. The summed E-state index contributed by atoms with van der Waals surface area (Å²) in [6.07, 6.45) is 11.6. The first kappa shape index (κ1) is 11.4. The molecular formula is C14H27N. The molecule has 2 rings (SSSR count). The molecule has 2 aliphatic carbocycles. The molecule has 0 aromatic rings. The predicted molar refractivity (Wildman–Crippen MR) is 66.0 cm³/mol. The molecule has 2 saturated carbocycles. The predicted octanol–water partition coefficient (Wildman–Crippen LogP) is 3.73. The Hall–Kier alpha value is -0.0400. The Morgan fingerprint density at radius 3 is 2.53 bits per heavy atom. The Labute approximate surface area is 95.0 Å². The topological polar surface area (TPSA) is 12.0 Å². The second-order valence-corrected chi connectivity index (χ2v) is 5.81. The average molecular weight is 209 g/mol. The van der Waals surface area contributed by atoms with Gasteiger partial charge in [-0.15, -0.1) is 0 Å². The highest BCUT2D eigenvalue weighted by Gasteiger charge is 2.27. The first-order valence-electron chi connectivity index (χ1n) is 7.05. The monoisotopic (exact) mass is 209 g/mol. The van der Waals surface area contributed by atoms with E-state index >= 15 is 0 Å². The van der Waals surface area contributed by atoms with E-state index in [9.17, 15) is 0 Å². The minimum atomic E-state index is 0.759. The average Bonchev–Trinajstić information content (AvgIpc) is 3.02. The Morgan fingerprint density at radius 1 is 1.13 bits per heavy atom. The minimum absolute atomic E-state index is 0.759. The Morgan fingerprint density at radius 2 is 1.87 bits per heavy atom. The lowest BCUT2D eigenvalue weighted by molar-refractivity contribution is 0.235. The summed E-state index contributed by atoms with van der Waals surface area (Å²) in [4.78, 5) is 0. The fourth-order valence-electron chi connectivity index (χ4n) is 3.20. The van der Waals surface area contributed by atoms with Gasteiger partial charge in [0.25, 0.3) is 0 Å². The summed E-state index contributed by atoms with van der Waals surface area (Å²) < 4.78 is 0. The van der Waals surface area contributed by atoms with Crippen molar-refractivity contribution in [1.29, 1.82) is 0 Å². The minimum Gasteiger partial charge on any atom is -0.311 e. The molecule has 2 fully saturated rings. The van der Waals surface area contributed by atoms with Crippen molar-refractivity contribution >= 4 is 0 Å².